The molecule has 0 spiro atoms. The molecule has 0 aliphatic carbocycles. The Kier molecular flexibility index (Phi) is 3.79. The normalized spacial score (nSPS) is 21.4. The molecule has 1 N–H and O–H groups in total. The van der Waals surface area contributed by atoms with Crippen LogP contribution >= 0.6 is 0 Å². The molecule has 1 atom stereocenters. The van der Waals surface area contributed by atoms with E-state index in [1.54, 1.807) is 7.11 Å². The fourth-order valence-electron chi connectivity index (χ4n) is 1.99. The zero-order valence-electron chi connectivity index (χ0n) is 10.0. The van der Waals surface area contributed by atoms with Crippen molar-refractivity contribution in [3.05, 3.63) is 12.4 Å². The lowest BCUT2D eigenvalue weighted by Gasteiger charge is -2.32. The summed E-state index contributed by atoms with van der Waals surface area (Å²) in [5.41, 5.74) is 1.21. The Morgan fingerprint density at radius 3 is 3.25 bits per heavy atom. The molecule has 0 aromatic carbocycles. The number of piperazine rings is 1. The maximum absolute atomic E-state index is 5.03. The fraction of sp³-hybridized carbons (Fsp3) is 0.727. The molecule has 0 bridgehead atoms. The molecule has 1 unspecified atom stereocenters. The van der Waals surface area contributed by atoms with Crippen molar-refractivity contribution in [2.75, 3.05) is 38.3 Å². The number of hydrogen-bond donors (Lipinski definition) is 1. The summed E-state index contributed by atoms with van der Waals surface area (Å²) in [5.74, 6) is 0. The van der Waals surface area contributed by atoms with E-state index >= 15 is 0 Å². The lowest BCUT2D eigenvalue weighted by atomic mass is 10.2. The van der Waals surface area contributed by atoms with Crippen LogP contribution in [0.3, 0.4) is 0 Å². The van der Waals surface area contributed by atoms with Gasteiger partial charge in [0.1, 0.15) is 0 Å². The summed E-state index contributed by atoms with van der Waals surface area (Å²) >= 11 is 0. The van der Waals surface area contributed by atoms with Crippen molar-refractivity contribution in [2.45, 2.75) is 19.5 Å². The molecule has 1 aliphatic rings. The van der Waals surface area contributed by atoms with Gasteiger partial charge >= 0.3 is 0 Å². The molecule has 90 valence electrons. The number of methoxy groups -OCH3 is 1. The highest BCUT2D eigenvalue weighted by atomic mass is 16.5. The molecule has 1 aromatic heterocycles. The topological polar surface area (TPSA) is 42.3 Å². The van der Waals surface area contributed by atoms with Crippen LogP contribution in [0.1, 0.15) is 6.92 Å². The van der Waals surface area contributed by atoms with E-state index in [1.807, 2.05) is 10.9 Å². The molecule has 1 aromatic rings. The second-order valence-electron chi connectivity index (χ2n) is 4.26. The number of nitrogens with one attached hydrogen (secondary N) is 1. The van der Waals surface area contributed by atoms with Gasteiger partial charge in [-0.3, -0.25) is 4.68 Å². The van der Waals surface area contributed by atoms with Gasteiger partial charge in [0.15, 0.2) is 0 Å². The lowest BCUT2D eigenvalue weighted by molar-refractivity contribution is 0.183. The maximum atomic E-state index is 5.03. The predicted octanol–water partition coefficient (Wildman–Crippen LogP) is 0.328. The van der Waals surface area contributed by atoms with E-state index in [1.165, 1.54) is 5.69 Å². The quantitative estimate of drug-likeness (QED) is 0.800. The molecule has 0 radical (unpaired) electrons. The molecule has 5 nitrogen and oxygen atoms in total. The van der Waals surface area contributed by atoms with Gasteiger partial charge in [0, 0.05) is 39.0 Å². The molecule has 1 aliphatic heterocycles. The second-order valence-corrected chi connectivity index (χ2v) is 4.26. The summed E-state index contributed by atoms with van der Waals surface area (Å²) < 4.78 is 6.97. The Morgan fingerprint density at radius 2 is 2.50 bits per heavy atom. The van der Waals surface area contributed by atoms with E-state index in [0.717, 1.165) is 26.2 Å². The van der Waals surface area contributed by atoms with Crippen molar-refractivity contribution in [1.29, 1.82) is 0 Å². The zero-order chi connectivity index (χ0) is 11.4. The third kappa shape index (κ3) is 2.74. The van der Waals surface area contributed by atoms with Crippen molar-refractivity contribution < 1.29 is 4.74 Å². The van der Waals surface area contributed by atoms with Gasteiger partial charge in [0.2, 0.25) is 0 Å². The smallest absolute Gasteiger partial charge is 0.0753 e. The first kappa shape index (κ1) is 11.4. The summed E-state index contributed by atoms with van der Waals surface area (Å²) in [4.78, 5) is 2.37. The predicted molar refractivity (Wildman–Crippen MR) is 63.8 cm³/mol. The maximum Gasteiger partial charge on any atom is 0.0753 e. The van der Waals surface area contributed by atoms with Crippen LogP contribution in [-0.2, 0) is 11.3 Å². The number of aromatic nitrogens is 2. The Morgan fingerprint density at radius 1 is 1.62 bits per heavy atom. The number of rotatable bonds is 4. The van der Waals surface area contributed by atoms with Crippen LogP contribution in [0, 0.1) is 0 Å². The monoisotopic (exact) mass is 224 g/mol. The molecule has 5 heteroatoms. The van der Waals surface area contributed by atoms with E-state index < -0.39 is 0 Å². The third-order valence-electron chi connectivity index (χ3n) is 2.88. The van der Waals surface area contributed by atoms with Crippen LogP contribution in [0.15, 0.2) is 12.4 Å². The van der Waals surface area contributed by atoms with Gasteiger partial charge in [0.05, 0.1) is 25.0 Å². The number of anilines is 1. The fourth-order valence-corrected chi connectivity index (χ4v) is 1.99. The molecular formula is C11H20N4O. The van der Waals surface area contributed by atoms with Crippen LogP contribution in [-0.4, -0.2) is 49.2 Å². The minimum absolute atomic E-state index is 0.552. The number of ether oxygens (including phenoxy) is 1. The Bertz CT molecular complexity index is 326. The summed E-state index contributed by atoms with van der Waals surface area (Å²) in [7, 11) is 1.71. The van der Waals surface area contributed by atoms with E-state index in [4.69, 9.17) is 4.74 Å². The van der Waals surface area contributed by atoms with Gasteiger partial charge in [0.25, 0.3) is 0 Å². The highest BCUT2D eigenvalue weighted by Crippen LogP contribution is 2.14. The molecule has 2 rings (SSSR count). The molecule has 0 saturated carbocycles. The molecule has 1 saturated heterocycles. The number of nitrogens with zero attached hydrogens (tertiary/aromatic N) is 3. The summed E-state index contributed by atoms with van der Waals surface area (Å²) in [5, 5.41) is 7.76. The van der Waals surface area contributed by atoms with Crippen molar-refractivity contribution in [2.24, 2.45) is 0 Å². The van der Waals surface area contributed by atoms with Crippen LogP contribution < -0.4 is 10.2 Å². The van der Waals surface area contributed by atoms with Gasteiger partial charge in [-0.1, -0.05) is 0 Å². The summed E-state index contributed by atoms with van der Waals surface area (Å²) in [6, 6.07) is 0.552. The first-order valence-corrected chi connectivity index (χ1v) is 5.79. The zero-order valence-corrected chi connectivity index (χ0v) is 10.0. The average molecular weight is 224 g/mol. The van der Waals surface area contributed by atoms with Crippen molar-refractivity contribution in [3.8, 4) is 0 Å². The van der Waals surface area contributed by atoms with Gasteiger partial charge in [-0.25, -0.2) is 0 Å². The molecule has 16 heavy (non-hydrogen) atoms. The largest absolute Gasteiger partial charge is 0.383 e. The highest BCUT2D eigenvalue weighted by molar-refractivity contribution is 5.43. The SMILES string of the molecule is COCCn1cc(N2CCNC(C)C2)cn1. The van der Waals surface area contributed by atoms with Crippen LogP contribution in [0.4, 0.5) is 5.69 Å². The van der Waals surface area contributed by atoms with E-state index in [-0.39, 0.29) is 0 Å². The van der Waals surface area contributed by atoms with Gasteiger partial charge in [-0.05, 0) is 6.92 Å². The minimum Gasteiger partial charge on any atom is -0.383 e. The van der Waals surface area contributed by atoms with Crippen LogP contribution in [0.5, 0.6) is 0 Å². The lowest BCUT2D eigenvalue weighted by Crippen LogP contribution is -2.49. The van der Waals surface area contributed by atoms with Crippen LogP contribution in [0.25, 0.3) is 0 Å². The molecule has 0 amide bonds. The standard InChI is InChI=1S/C11H20N4O/c1-10-8-14(4-3-12-10)11-7-13-15(9-11)5-6-16-2/h7,9-10,12H,3-6,8H2,1-2H3. The van der Waals surface area contributed by atoms with E-state index in [9.17, 15) is 0 Å². The molecular weight excluding hydrogens is 204 g/mol. The van der Waals surface area contributed by atoms with Crippen molar-refractivity contribution in [1.82, 2.24) is 15.1 Å². The van der Waals surface area contributed by atoms with E-state index in [0.29, 0.717) is 12.6 Å². The van der Waals surface area contributed by atoms with Gasteiger partial charge in [-0.15, -0.1) is 0 Å². The van der Waals surface area contributed by atoms with Crippen molar-refractivity contribution >= 4 is 5.69 Å². The Balaban J connectivity index is 1.95. The van der Waals surface area contributed by atoms with Crippen LogP contribution in [0.2, 0.25) is 0 Å². The van der Waals surface area contributed by atoms with Gasteiger partial charge in [-0.2, -0.15) is 5.10 Å². The summed E-state index contributed by atoms with van der Waals surface area (Å²) in [6.07, 6.45) is 4.03. The number of hydrogen-bond acceptors (Lipinski definition) is 4. The molecule has 1 fully saturated rings. The first-order valence-electron chi connectivity index (χ1n) is 5.79. The first-order chi connectivity index (χ1) is 7.79. The highest BCUT2D eigenvalue weighted by Gasteiger charge is 2.16. The molecule has 2 heterocycles. The average Bonchev–Trinajstić information content (AvgIpc) is 2.75. The second kappa shape index (κ2) is 5.32. The Hall–Kier alpha value is -1.07. The van der Waals surface area contributed by atoms with Gasteiger partial charge < -0.3 is 15.0 Å². The Labute approximate surface area is 96.4 Å². The minimum atomic E-state index is 0.552. The summed E-state index contributed by atoms with van der Waals surface area (Å²) in [6.45, 7) is 6.89. The van der Waals surface area contributed by atoms with E-state index in [2.05, 4.69) is 28.4 Å². The third-order valence-corrected chi connectivity index (χ3v) is 2.88. The van der Waals surface area contributed by atoms with Crippen molar-refractivity contribution in [3.63, 3.8) is 0 Å².